The molecule has 0 saturated carbocycles. The van der Waals surface area contributed by atoms with Gasteiger partial charge in [-0.15, -0.1) is 11.3 Å². The monoisotopic (exact) mass is 181 g/mol. The smallest absolute Gasteiger partial charge is 0.0793 e. The fourth-order valence-corrected chi connectivity index (χ4v) is 2.19. The number of hydrogen-bond donors (Lipinski definition) is 1. The average Bonchev–Trinajstić information content (AvgIpc) is 2.58. The van der Waals surface area contributed by atoms with E-state index in [1.807, 2.05) is 11.6 Å². The third-order valence-corrected chi connectivity index (χ3v) is 2.88. The number of aromatic nitrogens is 2. The van der Waals surface area contributed by atoms with Crippen molar-refractivity contribution in [2.45, 2.75) is 13.5 Å². The summed E-state index contributed by atoms with van der Waals surface area (Å²) in [5, 5.41) is 6.48. The largest absolute Gasteiger partial charge is 0.329 e. The van der Waals surface area contributed by atoms with E-state index in [0.29, 0.717) is 6.54 Å². The van der Waals surface area contributed by atoms with Crippen molar-refractivity contribution in [1.82, 2.24) is 9.78 Å². The highest BCUT2D eigenvalue weighted by Gasteiger charge is 2.06. The van der Waals surface area contributed by atoms with Crippen molar-refractivity contribution in [2.24, 2.45) is 5.73 Å². The van der Waals surface area contributed by atoms with Crippen LogP contribution in [0.1, 0.15) is 5.69 Å². The quantitative estimate of drug-likeness (QED) is 0.760. The minimum absolute atomic E-state index is 0.645. The van der Waals surface area contributed by atoms with E-state index in [4.69, 9.17) is 5.73 Å². The molecule has 0 amide bonds. The molecule has 2 heterocycles. The maximum atomic E-state index is 5.47. The summed E-state index contributed by atoms with van der Waals surface area (Å²) in [6.07, 6.45) is 0. The molecule has 0 unspecified atom stereocenters. The molecule has 0 radical (unpaired) electrons. The zero-order valence-electron chi connectivity index (χ0n) is 6.95. The fraction of sp³-hybridized carbons (Fsp3) is 0.375. The van der Waals surface area contributed by atoms with E-state index in [-0.39, 0.29) is 0 Å². The SMILES string of the molecule is Cc1nn(CCN)c2ccsc12. The Labute approximate surface area is 74.8 Å². The van der Waals surface area contributed by atoms with Crippen molar-refractivity contribution in [3.05, 3.63) is 17.1 Å². The highest BCUT2D eigenvalue weighted by molar-refractivity contribution is 7.17. The lowest BCUT2D eigenvalue weighted by molar-refractivity contribution is 0.640. The number of fused-ring (bicyclic) bond motifs is 1. The van der Waals surface area contributed by atoms with Crippen LogP contribution in [0.25, 0.3) is 10.2 Å². The minimum atomic E-state index is 0.645. The Morgan fingerprint density at radius 2 is 2.50 bits per heavy atom. The zero-order valence-corrected chi connectivity index (χ0v) is 7.77. The molecule has 0 aromatic carbocycles. The second kappa shape index (κ2) is 2.88. The van der Waals surface area contributed by atoms with Crippen LogP contribution in [0, 0.1) is 6.92 Å². The van der Waals surface area contributed by atoms with E-state index in [1.165, 1.54) is 10.2 Å². The van der Waals surface area contributed by atoms with Gasteiger partial charge in [-0.25, -0.2) is 0 Å². The first kappa shape index (κ1) is 7.76. The molecule has 64 valence electrons. The first-order chi connectivity index (χ1) is 5.83. The van der Waals surface area contributed by atoms with E-state index in [9.17, 15) is 0 Å². The Bertz CT molecular complexity index is 388. The van der Waals surface area contributed by atoms with Gasteiger partial charge in [-0.2, -0.15) is 5.10 Å². The molecule has 0 bridgehead atoms. The summed E-state index contributed by atoms with van der Waals surface area (Å²) in [4.78, 5) is 0. The van der Waals surface area contributed by atoms with Crippen molar-refractivity contribution >= 4 is 21.6 Å². The molecule has 0 aliphatic rings. The summed E-state index contributed by atoms with van der Waals surface area (Å²) >= 11 is 1.74. The van der Waals surface area contributed by atoms with Crippen LogP contribution in [0.2, 0.25) is 0 Å². The van der Waals surface area contributed by atoms with Gasteiger partial charge < -0.3 is 5.73 Å². The standard InChI is InChI=1S/C8H11N3S/c1-6-8-7(2-5-12-8)11(10-6)4-3-9/h2,5H,3-4,9H2,1H3. The molecule has 0 atom stereocenters. The van der Waals surface area contributed by atoms with Gasteiger partial charge in [-0.3, -0.25) is 4.68 Å². The molecule has 2 aromatic rings. The Hall–Kier alpha value is -0.870. The van der Waals surface area contributed by atoms with Gasteiger partial charge >= 0.3 is 0 Å². The lowest BCUT2D eigenvalue weighted by atomic mass is 10.4. The van der Waals surface area contributed by atoms with Gasteiger partial charge in [0.15, 0.2) is 0 Å². The van der Waals surface area contributed by atoms with E-state index in [1.54, 1.807) is 11.3 Å². The zero-order chi connectivity index (χ0) is 8.55. The molecular formula is C8H11N3S. The predicted molar refractivity (Wildman–Crippen MR) is 51.4 cm³/mol. The lowest BCUT2D eigenvalue weighted by Gasteiger charge is -1.96. The maximum Gasteiger partial charge on any atom is 0.0793 e. The number of rotatable bonds is 2. The van der Waals surface area contributed by atoms with Crippen LogP contribution in [-0.2, 0) is 6.54 Å². The number of nitrogens with zero attached hydrogens (tertiary/aromatic N) is 2. The van der Waals surface area contributed by atoms with Crippen LogP contribution in [0.15, 0.2) is 11.4 Å². The molecule has 0 aliphatic carbocycles. The van der Waals surface area contributed by atoms with E-state index in [0.717, 1.165) is 12.2 Å². The van der Waals surface area contributed by atoms with Gasteiger partial charge in [0.05, 0.1) is 22.5 Å². The highest BCUT2D eigenvalue weighted by Crippen LogP contribution is 2.23. The maximum absolute atomic E-state index is 5.47. The van der Waals surface area contributed by atoms with Crippen LogP contribution >= 0.6 is 11.3 Å². The minimum Gasteiger partial charge on any atom is -0.329 e. The van der Waals surface area contributed by atoms with E-state index >= 15 is 0 Å². The third-order valence-electron chi connectivity index (χ3n) is 1.86. The summed E-state index contributed by atoms with van der Waals surface area (Å²) < 4.78 is 3.25. The summed E-state index contributed by atoms with van der Waals surface area (Å²) in [5.41, 5.74) is 7.79. The molecule has 2 N–H and O–H groups in total. The normalized spacial score (nSPS) is 11.2. The van der Waals surface area contributed by atoms with Crippen molar-refractivity contribution < 1.29 is 0 Å². The lowest BCUT2D eigenvalue weighted by Crippen LogP contribution is -2.10. The van der Waals surface area contributed by atoms with E-state index in [2.05, 4.69) is 16.5 Å². The van der Waals surface area contributed by atoms with E-state index < -0.39 is 0 Å². The molecule has 12 heavy (non-hydrogen) atoms. The third kappa shape index (κ3) is 1.04. The van der Waals surface area contributed by atoms with Gasteiger partial charge in [0.2, 0.25) is 0 Å². The molecule has 0 fully saturated rings. The van der Waals surface area contributed by atoms with Gasteiger partial charge in [-0.05, 0) is 18.4 Å². The van der Waals surface area contributed by atoms with Crippen LogP contribution in [0.4, 0.5) is 0 Å². The number of aryl methyl sites for hydroxylation is 1. The number of thiophene rings is 1. The van der Waals surface area contributed by atoms with Gasteiger partial charge in [0.25, 0.3) is 0 Å². The second-order valence-electron chi connectivity index (χ2n) is 2.73. The second-order valence-corrected chi connectivity index (χ2v) is 3.65. The molecule has 0 spiro atoms. The summed E-state index contributed by atoms with van der Waals surface area (Å²) in [6, 6.07) is 2.09. The average molecular weight is 181 g/mol. The van der Waals surface area contributed by atoms with Crippen LogP contribution in [0.3, 0.4) is 0 Å². The molecular weight excluding hydrogens is 170 g/mol. The number of hydrogen-bond acceptors (Lipinski definition) is 3. The molecule has 4 heteroatoms. The molecule has 3 nitrogen and oxygen atoms in total. The topological polar surface area (TPSA) is 43.8 Å². The molecule has 2 aromatic heterocycles. The highest BCUT2D eigenvalue weighted by atomic mass is 32.1. The molecule has 0 saturated heterocycles. The first-order valence-corrected chi connectivity index (χ1v) is 4.81. The Balaban J connectivity index is 2.59. The van der Waals surface area contributed by atoms with Gasteiger partial charge in [0.1, 0.15) is 0 Å². The summed E-state index contributed by atoms with van der Waals surface area (Å²) in [5.74, 6) is 0. The van der Waals surface area contributed by atoms with Gasteiger partial charge in [-0.1, -0.05) is 0 Å². The molecule has 2 rings (SSSR count). The Kier molecular flexibility index (Phi) is 1.86. The Morgan fingerprint density at radius 3 is 3.25 bits per heavy atom. The van der Waals surface area contributed by atoms with Gasteiger partial charge in [0, 0.05) is 6.54 Å². The fourth-order valence-electron chi connectivity index (χ4n) is 1.35. The van der Waals surface area contributed by atoms with Crippen molar-refractivity contribution in [3.8, 4) is 0 Å². The molecule has 0 aliphatic heterocycles. The van der Waals surface area contributed by atoms with Crippen molar-refractivity contribution in [1.29, 1.82) is 0 Å². The Morgan fingerprint density at radius 1 is 1.67 bits per heavy atom. The first-order valence-electron chi connectivity index (χ1n) is 3.93. The number of nitrogens with two attached hydrogens (primary N) is 1. The van der Waals surface area contributed by atoms with Crippen molar-refractivity contribution in [3.63, 3.8) is 0 Å². The summed E-state index contributed by atoms with van der Waals surface area (Å²) in [6.45, 7) is 3.49. The van der Waals surface area contributed by atoms with Crippen LogP contribution in [0.5, 0.6) is 0 Å². The van der Waals surface area contributed by atoms with Crippen LogP contribution < -0.4 is 5.73 Å². The van der Waals surface area contributed by atoms with Crippen LogP contribution in [-0.4, -0.2) is 16.3 Å². The predicted octanol–water partition coefficient (Wildman–Crippen LogP) is 1.36. The summed E-state index contributed by atoms with van der Waals surface area (Å²) in [7, 11) is 0. The van der Waals surface area contributed by atoms with Crippen molar-refractivity contribution in [2.75, 3.05) is 6.54 Å².